The molecule has 0 bridgehead atoms. The molecule has 1 amide bonds. The number of benzene rings is 2. The van der Waals surface area contributed by atoms with Crippen molar-refractivity contribution in [2.24, 2.45) is 4.99 Å². The predicted octanol–water partition coefficient (Wildman–Crippen LogP) is 3.73. The molecule has 0 saturated heterocycles. The van der Waals surface area contributed by atoms with Crippen LogP contribution in [0.25, 0.3) is 0 Å². The highest BCUT2D eigenvalue weighted by molar-refractivity contribution is 6.11. The van der Waals surface area contributed by atoms with E-state index >= 15 is 0 Å². The minimum atomic E-state index is -0.393. The number of amidine groups is 1. The van der Waals surface area contributed by atoms with Crippen LogP contribution >= 0.6 is 0 Å². The quantitative estimate of drug-likeness (QED) is 0.931. The molecular formula is C19H19FN2O2. The van der Waals surface area contributed by atoms with Gasteiger partial charge in [0.05, 0.1) is 5.69 Å². The molecule has 0 aliphatic carbocycles. The molecule has 0 radical (unpaired) electrons. The molecule has 1 unspecified atom stereocenters. The Kier molecular flexibility index (Phi) is 4.71. The standard InChI is InChI=1S/C19H19FN2O2/c1-12-13(7-5-8-16(12)20)19(23)22-18-15(10-11-24-2)14-6-3-4-9-17(14)21-18/h3-9,15H,10-11H2,1-2H3,(H,21,22,23). The lowest BCUT2D eigenvalue weighted by Gasteiger charge is -2.15. The molecule has 0 fully saturated rings. The van der Waals surface area contributed by atoms with Gasteiger partial charge < -0.3 is 10.1 Å². The smallest absolute Gasteiger partial charge is 0.256 e. The van der Waals surface area contributed by atoms with Crippen molar-refractivity contribution in [1.29, 1.82) is 0 Å². The average Bonchev–Trinajstić information content (AvgIpc) is 2.92. The second-order valence-corrected chi connectivity index (χ2v) is 5.76. The lowest BCUT2D eigenvalue weighted by Crippen LogP contribution is -2.34. The number of halogens is 1. The van der Waals surface area contributed by atoms with Gasteiger partial charge in [-0.2, -0.15) is 0 Å². The number of carbonyl (C=O) groups is 1. The van der Waals surface area contributed by atoms with Gasteiger partial charge in [0.1, 0.15) is 11.7 Å². The van der Waals surface area contributed by atoms with Gasteiger partial charge in [0.25, 0.3) is 5.91 Å². The van der Waals surface area contributed by atoms with Crippen molar-refractivity contribution in [3.05, 3.63) is 65.0 Å². The maximum absolute atomic E-state index is 13.7. The molecule has 0 spiro atoms. The van der Waals surface area contributed by atoms with Crippen molar-refractivity contribution in [3.63, 3.8) is 0 Å². The third kappa shape index (κ3) is 3.08. The Labute approximate surface area is 140 Å². The third-order valence-electron chi connectivity index (χ3n) is 4.25. The second-order valence-electron chi connectivity index (χ2n) is 5.76. The van der Waals surface area contributed by atoms with Gasteiger partial charge in [0.15, 0.2) is 0 Å². The minimum Gasteiger partial charge on any atom is -0.385 e. The number of hydrogen-bond donors (Lipinski definition) is 1. The Hall–Kier alpha value is -2.53. The van der Waals surface area contributed by atoms with Crippen LogP contribution in [0, 0.1) is 12.7 Å². The Morgan fingerprint density at radius 3 is 2.83 bits per heavy atom. The molecule has 124 valence electrons. The summed E-state index contributed by atoms with van der Waals surface area (Å²) < 4.78 is 18.9. The highest BCUT2D eigenvalue weighted by atomic mass is 19.1. The number of methoxy groups -OCH3 is 1. The van der Waals surface area contributed by atoms with Crippen molar-refractivity contribution < 1.29 is 13.9 Å². The molecule has 1 atom stereocenters. The number of fused-ring (bicyclic) bond motifs is 1. The van der Waals surface area contributed by atoms with Crippen molar-refractivity contribution in [1.82, 2.24) is 5.32 Å². The fourth-order valence-corrected chi connectivity index (χ4v) is 2.92. The van der Waals surface area contributed by atoms with Crippen LogP contribution in [0.15, 0.2) is 47.5 Å². The number of ether oxygens (including phenoxy) is 1. The van der Waals surface area contributed by atoms with Crippen LogP contribution in [0.1, 0.15) is 33.8 Å². The number of carbonyl (C=O) groups excluding carboxylic acids is 1. The van der Waals surface area contributed by atoms with Gasteiger partial charge >= 0.3 is 0 Å². The van der Waals surface area contributed by atoms with Crippen molar-refractivity contribution >= 4 is 17.4 Å². The molecule has 3 rings (SSSR count). The summed E-state index contributed by atoms with van der Waals surface area (Å²) in [5.41, 5.74) is 2.57. The van der Waals surface area contributed by atoms with Crippen LogP contribution in [0.4, 0.5) is 10.1 Å². The number of rotatable bonds is 4. The monoisotopic (exact) mass is 326 g/mol. The lowest BCUT2D eigenvalue weighted by atomic mass is 9.95. The van der Waals surface area contributed by atoms with Gasteiger partial charge in [-0.1, -0.05) is 24.3 Å². The highest BCUT2D eigenvalue weighted by Gasteiger charge is 2.28. The maximum Gasteiger partial charge on any atom is 0.256 e. The first-order valence-corrected chi connectivity index (χ1v) is 7.84. The summed E-state index contributed by atoms with van der Waals surface area (Å²) in [4.78, 5) is 17.1. The molecule has 0 saturated carbocycles. The van der Waals surface area contributed by atoms with E-state index in [0.717, 1.165) is 17.7 Å². The number of nitrogens with zero attached hydrogens (tertiary/aromatic N) is 1. The maximum atomic E-state index is 13.7. The zero-order chi connectivity index (χ0) is 17.1. The van der Waals surface area contributed by atoms with Gasteiger partial charge in [0, 0.05) is 25.2 Å². The molecule has 5 heteroatoms. The minimum absolute atomic E-state index is 0.0287. The van der Waals surface area contributed by atoms with Crippen LogP contribution in [-0.4, -0.2) is 25.5 Å². The Morgan fingerprint density at radius 2 is 2.04 bits per heavy atom. The van der Waals surface area contributed by atoms with Gasteiger partial charge in [-0.15, -0.1) is 0 Å². The van der Waals surface area contributed by atoms with Crippen molar-refractivity contribution in [2.45, 2.75) is 19.3 Å². The molecule has 4 nitrogen and oxygen atoms in total. The molecule has 1 aliphatic rings. The van der Waals surface area contributed by atoms with Gasteiger partial charge in [-0.3, -0.25) is 4.79 Å². The first-order chi connectivity index (χ1) is 11.6. The van der Waals surface area contributed by atoms with Gasteiger partial charge in [-0.05, 0) is 42.7 Å². The SMILES string of the molecule is COCCC1C(NC(=O)c2cccc(F)c2C)=Nc2ccccc21. The summed E-state index contributed by atoms with van der Waals surface area (Å²) in [6.07, 6.45) is 0.717. The molecule has 24 heavy (non-hydrogen) atoms. The molecular weight excluding hydrogens is 307 g/mol. The summed E-state index contributed by atoms with van der Waals surface area (Å²) in [6, 6.07) is 12.3. The summed E-state index contributed by atoms with van der Waals surface area (Å²) in [5, 5.41) is 2.86. The highest BCUT2D eigenvalue weighted by Crippen LogP contribution is 2.36. The number of amides is 1. The molecule has 1 N–H and O–H groups in total. The summed E-state index contributed by atoms with van der Waals surface area (Å²) in [6.45, 7) is 2.16. The van der Waals surface area contributed by atoms with E-state index in [9.17, 15) is 9.18 Å². The van der Waals surface area contributed by atoms with E-state index in [1.165, 1.54) is 12.1 Å². The predicted molar refractivity (Wildman–Crippen MR) is 91.4 cm³/mol. The van der Waals surface area contributed by atoms with E-state index in [1.807, 2.05) is 24.3 Å². The first kappa shape index (κ1) is 16.3. The second kappa shape index (κ2) is 6.93. The number of aliphatic imine (C=N–C) groups is 1. The van der Waals surface area contributed by atoms with E-state index < -0.39 is 5.82 Å². The van der Waals surface area contributed by atoms with Crippen molar-refractivity contribution in [3.8, 4) is 0 Å². The van der Waals surface area contributed by atoms with Crippen LogP contribution in [0.2, 0.25) is 0 Å². The van der Waals surface area contributed by atoms with Crippen molar-refractivity contribution in [2.75, 3.05) is 13.7 Å². The average molecular weight is 326 g/mol. The Morgan fingerprint density at radius 1 is 1.25 bits per heavy atom. The summed E-state index contributed by atoms with van der Waals surface area (Å²) in [7, 11) is 1.65. The number of para-hydroxylation sites is 1. The van der Waals surface area contributed by atoms with Crippen LogP contribution < -0.4 is 5.32 Å². The Balaban J connectivity index is 1.86. The number of nitrogens with one attached hydrogen (secondary N) is 1. The normalized spacial score (nSPS) is 15.8. The molecule has 0 aromatic heterocycles. The number of hydrogen-bond acceptors (Lipinski definition) is 3. The van der Waals surface area contributed by atoms with E-state index in [2.05, 4.69) is 10.3 Å². The fourth-order valence-electron chi connectivity index (χ4n) is 2.92. The van der Waals surface area contributed by atoms with Gasteiger partial charge in [-0.25, -0.2) is 9.38 Å². The Bertz CT molecular complexity index is 802. The van der Waals surface area contributed by atoms with E-state index in [1.54, 1.807) is 20.1 Å². The summed E-state index contributed by atoms with van der Waals surface area (Å²) in [5.74, 6) is -0.183. The molecule has 1 heterocycles. The van der Waals surface area contributed by atoms with Gasteiger partial charge in [0.2, 0.25) is 0 Å². The summed E-state index contributed by atoms with van der Waals surface area (Å²) >= 11 is 0. The fraction of sp³-hybridized carbons (Fsp3) is 0.263. The zero-order valence-corrected chi connectivity index (χ0v) is 13.7. The topological polar surface area (TPSA) is 50.7 Å². The largest absolute Gasteiger partial charge is 0.385 e. The van der Waals surface area contributed by atoms with E-state index in [4.69, 9.17) is 4.74 Å². The molecule has 1 aliphatic heterocycles. The van der Waals surface area contributed by atoms with E-state index in [0.29, 0.717) is 23.6 Å². The third-order valence-corrected chi connectivity index (χ3v) is 4.25. The first-order valence-electron chi connectivity index (χ1n) is 7.84. The van der Waals surface area contributed by atoms with Crippen LogP contribution in [-0.2, 0) is 4.74 Å². The van der Waals surface area contributed by atoms with Crippen LogP contribution in [0.3, 0.4) is 0 Å². The molecule has 2 aromatic carbocycles. The zero-order valence-electron chi connectivity index (χ0n) is 13.7. The van der Waals surface area contributed by atoms with E-state index in [-0.39, 0.29) is 11.8 Å². The lowest BCUT2D eigenvalue weighted by molar-refractivity contribution is 0.0974. The molecule has 2 aromatic rings. The van der Waals surface area contributed by atoms with Crippen LogP contribution in [0.5, 0.6) is 0 Å².